The maximum Gasteiger partial charge on any atom is 0.247 e. The van der Waals surface area contributed by atoms with Crippen LogP contribution in [0.4, 0.5) is 4.39 Å². The Morgan fingerprint density at radius 3 is 2.62 bits per heavy atom. The van der Waals surface area contributed by atoms with E-state index in [-0.39, 0.29) is 35.6 Å². The smallest absolute Gasteiger partial charge is 0.247 e. The Kier molecular flexibility index (Phi) is 4.39. The number of nitrogens with one attached hydrogen (secondary N) is 1. The molecule has 0 radical (unpaired) electrons. The summed E-state index contributed by atoms with van der Waals surface area (Å²) in [7, 11) is 0. The number of carbonyl (C=O) groups is 2. The zero-order chi connectivity index (χ0) is 20.1. The molecule has 6 heteroatoms. The molecule has 1 heterocycles. The van der Waals surface area contributed by atoms with E-state index < -0.39 is 6.04 Å². The summed E-state index contributed by atoms with van der Waals surface area (Å²) in [5, 5.41) is 3.09. The summed E-state index contributed by atoms with van der Waals surface area (Å²) < 4.78 is 13.7. The molecule has 5 nitrogen and oxygen atoms in total. The van der Waals surface area contributed by atoms with Gasteiger partial charge in [0.25, 0.3) is 0 Å². The third-order valence-electron chi connectivity index (χ3n) is 6.41. The van der Waals surface area contributed by atoms with Gasteiger partial charge in [-0.25, -0.2) is 4.39 Å². The second-order valence-electron chi connectivity index (χ2n) is 8.35. The summed E-state index contributed by atoms with van der Waals surface area (Å²) in [5.41, 5.74) is 10.1. The number of nitrogens with two attached hydrogens (primary N) is 1. The standard InChI is InChI=1S/C23H24FN3O2/c24-16-7-8-18-15(11-16)9-10-27(23(29)13-5-6-13)21(18)22(28)26-19-12-14-3-1-2-4-17(14)20(19)25/h1-4,7-8,11,13,19-21H,5-6,9-10,12,25H2,(H,26,28)/t19-,20-,21?/m0/s1. The fourth-order valence-corrected chi connectivity index (χ4v) is 4.71. The zero-order valence-electron chi connectivity index (χ0n) is 16.1. The average Bonchev–Trinajstić information content (AvgIpc) is 3.52. The van der Waals surface area contributed by atoms with Gasteiger partial charge in [0.1, 0.15) is 11.9 Å². The van der Waals surface area contributed by atoms with Crippen LogP contribution in [0.3, 0.4) is 0 Å². The Balaban J connectivity index is 1.43. The predicted molar refractivity (Wildman–Crippen MR) is 106 cm³/mol. The predicted octanol–water partition coefficient (Wildman–Crippen LogP) is 2.40. The lowest BCUT2D eigenvalue weighted by atomic mass is 9.91. The number of nitrogens with zero attached hydrogens (tertiary/aromatic N) is 1. The van der Waals surface area contributed by atoms with E-state index in [1.54, 1.807) is 11.0 Å². The summed E-state index contributed by atoms with van der Waals surface area (Å²) >= 11 is 0. The van der Waals surface area contributed by atoms with E-state index in [1.807, 2.05) is 24.3 Å². The van der Waals surface area contributed by atoms with E-state index in [4.69, 9.17) is 5.73 Å². The van der Waals surface area contributed by atoms with E-state index in [0.717, 1.165) is 29.5 Å². The number of fused-ring (bicyclic) bond motifs is 2. The molecule has 2 aromatic carbocycles. The van der Waals surface area contributed by atoms with Crippen LogP contribution in [0.2, 0.25) is 0 Å². The van der Waals surface area contributed by atoms with E-state index in [9.17, 15) is 14.0 Å². The summed E-state index contributed by atoms with van der Waals surface area (Å²) in [6.45, 7) is 0.431. The van der Waals surface area contributed by atoms with Crippen molar-refractivity contribution in [3.8, 4) is 0 Å². The highest BCUT2D eigenvalue weighted by Gasteiger charge is 2.43. The lowest BCUT2D eigenvalue weighted by Crippen LogP contribution is -2.51. The van der Waals surface area contributed by atoms with Gasteiger partial charge < -0.3 is 16.0 Å². The van der Waals surface area contributed by atoms with Crippen LogP contribution >= 0.6 is 0 Å². The van der Waals surface area contributed by atoms with Gasteiger partial charge in [-0.3, -0.25) is 9.59 Å². The van der Waals surface area contributed by atoms with Gasteiger partial charge in [0.15, 0.2) is 0 Å². The Bertz CT molecular complexity index is 988. The Morgan fingerprint density at radius 1 is 1.07 bits per heavy atom. The molecule has 1 saturated carbocycles. The van der Waals surface area contributed by atoms with Gasteiger partial charge in [-0.05, 0) is 60.1 Å². The van der Waals surface area contributed by atoms with Crippen LogP contribution in [0.5, 0.6) is 0 Å². The molecule has 0 saturated heterocycles. The lowest BCUT2D eigenvalue weighted by Gasteiger charge is -2.37. The molecule has 0 bridgehead atoms. The van der Waals surface area contributed by atoms with Crippen LogP contribution in [-0.4, -0.2) is 29.3 Å². The molecule has 1 fully saturated rings. The topological polar surface area (TPSA) is 75.4 Å². The first kappa shape index (κ1) is 18.3. The normalized spacial score (nSPS) is 25.3. The van der Waals surface area contributed by atoms with Crippen LogP contribution in [0, 0.1) is 11.7 Å². The fourth-order valence-electron chi connectivity index (χ4n) is 4.71. The van der Waals surface area contributed by atoms with Crippen molar-refractivity contribution in [2.45, 2.75) is 43.8 Å². The minimum atomic E-state index is -0.733. The van der Waals surface area contributed by atoms with Crippen LogP contribution in [0.25, 0.3) is 0 Å². The van der Waals surface area contributed by atoms with Crippen LogP contribution < -0.4 is 11.1 Å². The van der Waals surface area contributed by atoms with E-state index in [1.165, 1.54) is 12.1 Å². The van der Waals surface area contributed by atoms with Crippen molar-refractivity contribution in [1.82, 2.24) is 10.2 Å². The van der Waals surface area contributed by atoms with Crippen LogP contribution in [-0.2, 0) is 22.4 Å². The summed E-state index contributed by atoms with van der Waals surface area (Å²) in [6.07, 6.45) is 2.98. The Labute approximate surface area is 169 Å². The zero-order valence-corrected chi connectivity index (χ0v) is 16.1. The molecule has 2 amide bonds. The Morgan fingerprint density at radius 2 is 1.86 bits per heavy atom. The highest BCUT2D eigenvalue weighted by Crippen LogP contribution is 2.38. The van der Waals surface area contributed by atoms with Crippen molar-refractivity contribution < 1.29 is 14.0 Å². The Hall–Kier alpha value is -2.73. The highest BCUT2D eigenvalue weighted by molar-refractivity contribution is 5.91. The van der Waals surface area contributed by atoms with Crippen molar-refractivity contribution in [3.05, 3.63) is 70.5 Å². The first-order valence-electron chi connectivity index (χ1n) is 10.3. The minimum Gasteiger partial charge on any atom is -0.349 e. The monoisotopic (exact) mass is 393 g/mol. The number of hydrogen-bond acceptors (Lipinski definition) is 3. The molecule has 1 aliphatic heterocycles. The second kappa shape index (κ2) is 6.95. The molecule has 150 valence electrons. The highest BCUT2D eigenvalue weighted by atomic mass is 19.1. The van der Waals surface area contributed by atoms with E-state index >= 15 is 0 Å². The van der Waals surface area contributed by atoms with Crippen molar-refractivity contribution >= 4 is 11.8 Å². The van der Waals surface area contributed by atoms with Crippen LogP contribution in [0.1, 0.15) is 47.2 Å². The number of halogens is 1. The molecule has 0 spiro atoms. The van der Waals surface area contributed by atoms with E-state index in [0.29, 0.717) is 24.9 Å². The fraction of sp³-hybridized carbons (Fsp3) is 0.391. The van der Waals surface area contributed by atoms with Crippen molar-refractivity contribution in [2.75, 3.05) is 6.54 Å². The minimum absolute atomic E-state index is 0.0188. The largest absolute Gasteiger partial charge is 0.349 e. The van der Waals surface area contributed by atoms with Gasteiger partial charge in [-0.2, -0.15) is 0 Å². The van der Waals surface area contributed by atoms with Gasteiger partial charge in [0.05, 0.1) is 12.1 Å². The van der Waals surface area contributed by atoms with Gasteiger partial charge >= 0.3 is 0 Å². The lowest BCUT2D eigenvalue weighted by molar-refractivity contribution is -0.142. The summed E-state index contributed by atoms with van der Waals surface area (Å²) in [4.78, 5) is 28.0. The molecular weight excluding hydrogens is 369 g/mol. The molecule has 3 atom stereocenters. The van der Waals surface area contributed by atoms with Crippen molar-refractivity contribution in [1.29, 1.82) is 0 Å². The molecule has 1 unspecified atom stereocenters. The van der Waals surface area contributed by atoms with Gasteiger partial charge in [-0.1, -0.05) is 30.3 Å². The molecule has 3 aliphatic rings. The number of benzene rings is 2. The van der Waals surface area contributed by atoms with Gasteiger partial charge in [0.2, 0.25) is 11.8 Å². The van der Waals surface area contributed by atoms with E-state index in [2.05, 4.69) is 5.32 Å². The van der Waals surface area contributed by atoms with Crippen molar-refractivity contribution in [3.63, 3.8) is 0 Å². The SMILES string of the molecule is N[C@H]1c2ccccc2C[C@@H]1NC(=O)C1c2ccc(F)cc2CCN1C(=O)C1CC1. The van der Waals surface area contributed by atoms with Crippen LogP contribution in [0.15, 0.2) is 42.5 Å². The number of amides is 2. The second-order valence-corrected chi connectivity index (χ2v) is 8.35. The number of carbonyl (C=O) groups excluding carboxylic acids is 2. The van der Waals surface area contributed by atoms with Crippen molar-refractivity contribution in [2.24, 2.45) is 11.7 Å². The molecule has 5 rings (SSSR count). The summed E-state index contributed by atoms with van der Waals surface area (Å²) in [5.74, 6) is -0.512. The molecule has 2 aliphatic carbocycles. The molecule has 0 aromatic heterocycles. The number of hydrogen-bond donors (Lipinski definition) is 2. The maximum absolute atomic E-state index is 13.7. The molecule has 3 N–H and O–H groups in total. The average molecular weight is 393 g/mol. The third kappa shape index (κ3) is 3.21. The molecular formula is C23H24FN3O2. The molecule has 29 heavy (non-hydrogen) atoms. The maximum atomic E-state index is 13.7. The summed E-state index contributed by atoms with van der Waals surface area (Å²) in [6, 6.07) is 11.2. The molecule has 2 aromatic rings. The first-order chi connectivity index (χ1) is 14.0. The van der Waals surface area contributed by atoms with Gasteiger partial charge in [-0.15, -0.1) is 0 Å². The number of rotatable bonds is 3. The first-order valence-corrected chi connectivity index (χ1v) is 10.3. The van der Waals surface area contributed by atoms with Gasteiger partial charge in [0, 0.05) is 12.5 Å². The third-order valence-corrected chi connectivity index (χ3v) is 6.41. The quantitative estimate of drug-likeness (QED) is 0.841.